The largest absolute Gasteiger partial charge is 0.478 e. The van der Waals surface area contributed by atoms with E-state index < -0.39 is 14.0 Å². The molecular weight excluding hydrogens is 690 g/mol. The molecule has 0 spiro atoms. The number of halogens is 1. The molecule has 0 saturated carbocycles. The first kappa shape index (κ1) is 36.5. The lowest BCUT2D eigenvalue weighted by Gasteiger charge is -2.37. The van der Waals surface area contributed by atoms with E-state index in [1.165, 1.54) is 30.4 Å². The fourth-order valence-corrected chi connectivity index (χ4v) is 8.55. The lowest BCUT2D eigenvalue weighted by molar-refractivity contribution is 0.0697. The van der Waals surface area contributed by atoms with Crippen molar-refractivity contribution in [3.8, 4) is 5.88 Å². The Morgan fingerprint density at radius 3 is 2.48 bits per heavy atom. The Morgan fingerprint density at radius 2 is 1.71 bits per heavy atom. The first-order valence-electron chi connectivity index (χ1n) is 18.9. The highest BCUT2D eigenvalue weighted by Crippen LogP contribution is 2.40. The average Bonchev–Trinajstić information content (AvgIpc) is 3.25. The number of aromatic nitrogens is 2. The maximum Gasteiger partial charge on any atom is 0.337 e. The van der Waals surface area contributed by atoms with Crippen LogP contribution < -0.4 is 14.5 Å². The van der Waals surface area contributed by atoms with Crippen LogP contribution in [0, 0.1) is 0 Å². The molecule has 0 atom stereocenters. The number of hydrogen-bond acceptors (Lipinski definition) is 7. The zero-order valence-corrected chi connectivity index (χ0v) is 32.6. The van der Waals surface area contributed by atoms with Gasteiger partial charge in [-0.1, -0.05) is 55.4 Å². The van der Waals surface area contributed by atoms with Gasteiger partial charge >= 0.3 is 5.97 Å². The smallest absolute Gasteiger partial charge is 0.337 e. The maximum absolute atomic E-state index is 12.6. The van der Waals surface area contributed by atoms with Crippen LogP contribution in [0.5, 0.6) is 5.88 Å². The van der Waals surface area contributed by atoms with Crippen molar-refractivity contribution in [1.82, 2.24) is 14.5 Å². The van der Waals surface area contributed by atoms with E-state index in [0.717, 1.165) is 92.1 Å². The van der Waals surface area contributed by atoms with Crippen molar-refractivity contribution in [2.75, 3.05) is 62.3 Å². The van der Waals surface area contributed by atoms with Gasteiger partial charge in [0.15, 0.2) is 0 Å². The highest BCUT2D eigenvalue weighted by molar-refractivity contribution is 6.76. The van der Waals surface area contributed by atoms with Crippen LogP contribution in [0.3, 0.4) is 0 Å². The third-order valence-corrected chi connectivity index (χ3v) is 12.6. The van der Waals surface area contributed by atoms with Gasteiger partial charge in [-0.2, -0.15) is 4.98 Å². The van der Waals surface area contributed by atoms with Crippen molar-refractivity contribution >= 4 is 59.3 Å². The van der Waals surface area contributed by atoms with Crippen LogP contribution in [0.25, 0.3) is 16.6 Å². The summed E-state index contributed by atoms with van der Waals surface area (Å²) in [6.45, 7) is 14.0. The topological polar surface area (TPSA) is 83.3 Å². The van der Waals surface area contributed by atoms with Crippen LogP contribution in [0.4, 0.5) is 17.1 Å². The number of aromatic carboxylic acids is 1. The summed E-state index contributed by atoms with van der Waals surface area (Å²) in [6, 6.07) is 19.4. The number of carboxylic acid groups (broad SMARTS) is 1. The summed E-state index contributed by atoms with van der Waals surface area (Å²) in [5, 5.41) is 12.1. The molecule has 0 unspecified atom stereocenters. The van der Waals surface area contributed by atoms with Gasteiger partial charge < -0.3 is 28.9 Å². The van der Waals surface area contributed by atoms with Gasteiger partial charge in [0.1, 0.15) is 18.1 Å². The second kappa shape index (κ2) is 16.0. The minimum absolute atomic E-state index is 0.277. The van der Waals surface area contributed by atoms with Crippen molar-refractivity contribution in [2.45, 2.75) is 70.9 Å². The lowest BCUT2D eigenvalue weighted by atomic mass is 9.95. The number of carboxylic acids is 1. The van der Waals surface area contributed by atoms with Crippen LogP contribution in [0.15, 0.2) is 66.4 Å². The number of pyridine rings is 1. The van der Waals surface area contributed by atoms with Crippen molar-refractivity contribution in [1.29, 1.82) is 0 Å². The fourth-order valence-electron chi connectivity index (χ4n) is 7.67. The molecule has 4 aromatic rings. The Bertz CT molecular complexity index is 1910. The first-order chi connectivity index (χ1) is 25.1. The molecule has 7 rings (SSSR count). The summed E-state index contributed by atoms with van der Waals surface area (Å²) in [6.07, 6.45) is 8.78. The van der Waals surface area contributed by atoms with Crippen molar-refractivity contribution in [3.05, 3.63) is 82.5 Å². The number of allylic oxidation sites excluding steroid dienone is 1. The Balaban J connectivity index is 1.10. The van der Waals surface area contributed by atoms with Gasteiger partial charge in [0.2, 0.25) is 5.88 Å². The number of ether oxygens (including phenoxy) is 2. The second-order valence-electron chi connectivity index (χ2n) is 15.6. The van der Waals surface area contributed by atoms with Crippen LogP contribution in [0.1, 0.15) is 54.4 Å². The van der Waals surface area contributed by atoms with Crippen LogP contribution >= 0.6 is 11.6 Å². The molecular formula is C41H52ClN5O4Si. The predicted molar refractivity (Wildman–Crippen MR) is 214 cm³/mol. The molecule has 3 aliphatic rings. The molecule has 2 aliphatic heterocycles. The Hall–Kier alpha value is -3.83. The third kappa shape index (κ3) is 8.52. The second-order valence-corrected chi connectivity index (χ2v) is 21.7. The van der Waals surface area contributed by atoms with Crippen LogP contribution in [0.2, 0.25) is 30.7 Å². The molecule has 1 N–H and O–H groups in total. The predicted octanol–water partition coefficient (Wildman–Crippen LogP) is 9.16. The molecule has 9 nitrogen and oxygen atoms in total. The third-order valence-electron chi connectivity index (χ3n) is 10.6. The van der Waals surface area contributed by atoms with Gasteiger partial charge in [-0.15, -0.1) is 0 Å². The summed E-state index contributed by atoms with van der Waals surface area (Å²) < 4.78 is 14.3. The molecule has 0 radical (unpaired) electrons. The first-order valence-corrected chi connectivity index (χ1v) is 23.0. The monoisotopic (exact) mass is 741 g/mol. The fraction of sp³-hybridized carbons (Fsp3) is 0.463. The molecule has 52 heavy (non-hydrogen) atoms. The number of carbonyl (C=O) groups is 1. The SMILES string of the molecule is C[Si](C)(C)CCOCn1ccc2cc3c(nc21)OCCCN3c1cc(N2CCN(CC3=C(c4ccc(Cl)cc4)CCCCC3)CC2)ccc1C(=O)O. The number of fused-ring (bicyclic) bond motifs is 2. The molecule has 0 amide bonds. The van der Waals surface area contributed by atoms with E-state index >= 15 is 0 Å². The molecule has 2 aromatic heterocycles. The van der Waals surface area contributed by atoms with Gasteiger partial charge in [-0.25, -0.2) is 4.79 Å². The average molecular weight is 742 g/mol. The zero-order valence-electron chi connectivity index (χ0n) is 30.9. The minimum Gasteiger partial charge on any atom is -0.478 e. The number of nitrogens with zero attached hydrogens (tertiary/aromatic N) is 5. The van der Waals surface area contributed by atoms with E-state index in [-0.39, 0.29) is 5.56 Å². The summed E-state index contributed by atoms with van der Waals surface area (Å²) in [4.78, 5) is 24.7. The Kier molecular flexibility index (Phi) is 11.3. The molecule has 4 heterocycles. The van der Waals surface area contributed by atoms with E-state index in [0.29, 0.717) is 31.4 Å². The number of benzene rings is 2. The normalized spacial score (nSPS) is 17.5. The Morgan fingerprint density at radius 1 is 0.923 bits per heavy atom. The van der Waals surface area contributed by atoms with E-state index in [1.807, 2.05) is 35.0 Å². The standard InChI is InChI=1S/C41H52ClN5O4Si/c1-52(2,3)25-24-50-29-46-18-16-31-26-38-40(43-39(31)46)51-23-7-17-47(38)37-27-34(14-15-36(37)41(48)49)45-21-19-44(20-22-45)28-32-8-5-4-6-9-35(32)30-10-12-33(42)13-11-30/h10-16,18,26-27H,4-9,17,19-25,28-29H2,1-3H3,(H,48,49). The zero-order chi connectivity index (χ0) is 36.2. The summed E-state index contributed by atoms with van der Waals surface area (Å²) in [5.74, 6) is -0.421. The van der Waals surface area contributed by atoms with E-state index in [4.69, 9.17) is 26.1 Å². The molecule has 1 saturated heterocycles. The van der Waals surface area contributed by atoms with Crippen molar-refractivity contribution < 1.29 is 19.4 Å². The van der Waals surface area contributed by atoms with E-state index in [9.17, 15) is 9.90 Å². The molecule has 276 valence electrons. The van der Waals surface area contributed by atoms with Crippen LogP contribution in [-0.4, -0.2) is 86.1 Å². The van der Waals surface area contributed by atoms with Crippen LogP contribution in [-0.2, 0) is 11.5 Å². The molecule has 1 fully saturated rings. The van der Waals surface area contributed by atoms with Gasteiger partial charge in [0.25, 0.3) is 0 Å². The maximum atomic E-state index is 12.6. The summed E-state index contributed by atoms with van der Waals surface area (Å²) in [5.41, 5.74) is 7.96. The highest BCUT2D eigenvalue weighted by atomic mass is 35.5. The molecule has 11 heteroatoms. The van der Waals surface area contributed by atoms with Gasteiger partial charge in [0, 0.05) is 76.2 Å². The quantitative estimate of drug-likeness (QED) is 0.120. The van der Waals surface area contributed by atoms with Gasteiger partial charge in [-0.05, 0) is 91.7 Å². The van der Waals surface area contributed by atoms with Gasteiger partial charge in [-0.3, -0.25) is 4.90 Å². The molecule has 0 bridgehead atoms. The van der Waals surface area contributed by atoms with Gasteiger partial charge in [0.05, 0.1) is 17.9 Å². The Labute approximate surface area is 313 Å². The summed E-state index contributed by atoms with van der Waals surface area (Å²) >= 11 is 6.22. The van der Waals surface area contributed by atoms with Crippen molar-refractivity contribution in [2.24, 2.45) is 0 Å². The minimum atomic E-state index is -1.18. The molecule has 1 aliphatic carbocycles. The highest BCUT2D eigenvalue weighted by Gasteiger charge is 2.27. The lowest BCUT2D eigenvalue weighted by Crippen LogP contribution is -2.47. The summed E-state index contributed by atoms with van der Waals surface area (Å²) in [7, 11) is -1.18. The number of piperazine rings is 1. The van der Waals surface area contributed by atoms with E-state index in [1.54, 1.807) is 11.6 Å². The van der Waals surface area contributed by atoms with E-state index in [2.05, 4.69) is 58.6 Å². The number of rotatable bonds is 11. The number of anilines is 3. The molecule has 2 aromatic carbocycles. The number of hydrogen-bond donors (Lipinski definition) is 1. The van der Waals surface area contributed by atoms with Crippen molar-refractivity contribution in [3.63, 3.8) is 0 Å².